The molecule has 0 aliphatic carbocycles. The summed E-state index contributed by atoms with van der Waals surface area (Å²) in [7, 11) is 0. The van der Waals surface area contributed by atoms with Crippen LogP contribution in [0.4, 0.5) is 0 Å². The third kappa shape index (κ3) is 5.79. The molecule has 0 aliphatic heterocycles. The first kappa shape index (κ1) is 31.4. The molecular formula is C44H47Cl. The van der Waals surface area contributed by atoms with Gasteiger partial charge in [0, 0.05) is 10.4 Å². The van der Waals surface area contributed by atoms with Gasteiger partial charge in [0.1, 0.15) is 0 Å². The molecule has 45 heavy (non-hydrogen) atoms. The van der Waals surface area contributed by atoms with Crippen molar-refractivity contribution in [2.45, 2.75) is 91.4 Å². The van der Waals surface area contributed by atoms with Crippen molar-refractivity contribution < 1.29 is 0 Å². The van der Waals surface area contributed by atoms with Crippen molar-refractivity contribution >= 4 is 43.9 Å². The molecule has 0 aromatic heterocycles. The molecule has 0 heterocycles. The molecular weight excluding hydrogens is 564 g/mol. The lowest BCUT2D eigenvalue weighted by Gasteiger charge is -2.32. The van der Waals surface area contributed by atoms with Gasteiger partial charge in [-0.15, -0.1) is 0 Å². The second-order valence-electron chi connectivity index (χ2n) is 15.6. The van der Waals surface area contributed by atoms with E-state index in [2.05, 4.69) is 153 Å². The van der Waals surface area contributed by atoms with Crippen LogP contribution in [0.5, 0.6) is 0 Å². The van der Waals surface area contributed by atoms with E-state index in [0.717, 1.165) is 23.3 Å². The Labute approximate surface area is 275 Å². The third-order valence-electron chi connectivity index (χ3n) is 10.1. The molecule has 0 N–H and O–H groups in total. The van der Waals surface area contributed by atoms with Crippen LogP contribution in [0.15, 0.2) is 97.1 Å². The van der Waals surface area contributed by atoms with Crippen molar-refractivity contribution in [3.05, 3.63) is 141 Å². The largest absolute Gasteiger partial charge is 0.0837 e. The minimum atomic E-state index is -0.0999. The SMILES string of the molecule is Cc1cc(C(C)(C)Cc2cc(C(C)(C)C)cc3c(Cl)cccc23)c2ccccc2c1CC(C)(C)c1cccc2c(C)cccc12. The number of aryl methyl sites for hydroxylation is 2. The number of rotatable bonds is 6. The van der Waals surface area contributed by atoms with Crippen molar-refractivity contribution in [3.63, 3.8) is 0 Å². The molecule has 0 saturated heterocycles. The topological polar surface area (TPSA) is 0 Å². The fourth-order valence-corrected chi connectivity index (χ4v) is 7.77. The van der Waals surface area contributed by atoms with Gasteiger partial charge in [0.2, 0.25) is 0 Å². The zero-order chi connectivity index (χ0) is 32.3. The number of hydrogen-bond donors (Lipinski definition) is 0. The van der Waals surface area contributed by atoms with Crippen LogP contribution in [0.1, 0.15) is 87.4 Å². The quantitative estimate of drug-likeness (QED) is 0.176. The highest BCUT2D eigenvalue weighted by Crippen LogP contribution is 2.42. The summed E-state index contributed by atoms with van der Waals surface area (Å²) in [6.45, 7) is 21.0. The zero-order valence-electron chi connectivity index (χ0n) is 28.5. The van der Waals surface area contributed by atoms with Crippen LogP contribution in [-0.2, 0) is 29.1 Å². The Morgan fingerprint density at radius 1 is 0.489 bits per heavy atom. The van der Waals surface area contributed by atoms with Crippen molar-refractivity contribution in [1.29, 1.82) is 0 Å². The maximum absolute atomic E-state index is 6.79. The smallest absolute Gasteiger partial charge is 0.0484 e. The van der Waals surface area contributed by atoms with Crippen LogP contribution in [0, 0.1) is 13.8 Å². The van der Waals surface area contributed by atoms with E-state index in [1.165, 1.54) is 65.9 Å². The molecule has 6 aromatic rings. The van der Waals surface area contributed by atoms with Gasteiger partial charge in [0.25, 0.3) is 0 Å². The molecule has 0 atom stereocenters. The summed E-state index contributed by atoms with van der Waals surface area (Å²) in [5.41, 5.74) is 9.58. The van der Waals surface area contributed by atoms with Gasteiger partial charge in [-0.05, 0) is 121 Å². The normalized spacial score (nSPS) is 12.8. The molecule has 1 heteroatoms. The highest BCUT2D eigenvalue weighted by Gasteiger charge is 2.30. The highest BCUT2D eigenvalue weighted by molar-refractivity contribution is 6.35. The standard InChI is InChI=1S/C44H47Cl/c1-28-15-12-20-35-32(28)18-13-21-39(35)44(8,9)27-38-29(2)23-40(36-17-11-10-16-34(36)38)43(6,7)26-30-24-31(42(3,4)5)25-37-33(30)19-14-22-41(37)45/h10-25H,26-27H2,1-9H3. The summed E-state index contributed by atoms with van der Waals surface area (Å²) in [6, 6.07) is 36.2. The lowest BCUT2D eigenvalue weighted by atomic mass is 9.72. The summed E-state index contributed by atoms with van der Waals surface area (Å²) in [4.78, 5) is 0. The molecule has 0 fully saturated rings. The fourth-order valence-electron chi connectivity index (χ4n) is 7.54. The third-order valence-corrected chi connectivity index (χ3v) is 10.5. The predicted molar refractivity (Wildman–Crippen MR) is 198 cm³/mol. The Morgan fingerprint density at radius 3 is 1.80 bits per heavy atom. The maximum Gasteiger partial charge on any atom is 0.0484 e. The maximum atomic E-state index is 6.79. The van der Waals surface area contributed by atoms with Crippen LogP contribution in [-0.4, -0.2) is 0 Å². The van der Waals surface area contributed by atoms with Crippen LogP contribution >= 0.6 is 11.6 Å². The molecule has 230 valence electrons. The Balaban J connectivity index is 1.46. The van der Waals surface area contributed by atoms with E-state index in [9.17, 15) is 0 Å². The lowest BCUT2D eigenvalue weighted by molar-refractivity contribution is 0.521. The second kappa shape index (κ2) is 11.3. The molecule has 0 nitrogen and oxygen atoms in total. The van der Waals surface area contributed by atoms with E-state index in [1.54, 1.807) is 0 Å². The predicted octanol–water partition coefficient (Wildman–Crippen LogP) is 12.8. The Morgan fingerprint density at radius 2 is 1.07 bits per heavy atom. The molecule has 0 saturated carbocycles. The van der Waals surface area contributed by atoms with Gasteiger partial charge < -0.3 is 0 Å². The summed E-state index contributed by atoms with van der Waals surface area (Å²) in [6.07, 6.45) is 1.90. The lowest BCUT2D eigenvalue weighted by Crippen LogP contribution is -2.24. The van der Waals surface area contributed by atoms with Gasteiger partial charge in [-0.1, -0.05) is 145 Å². The Bertz CT molecular complexity index is 2070. The second-order valence-corrected chi connectivity index (χ2v) is 16.0. The van der Waals surface area contributed by atoms with E-state index in [0.29, 0.717) is 0 Å². The van der Waals surface area contributed by atoms with Crippen LogP contribution < -0.4 is 0 Å². The van der Waals surface area contributed by atoms with Crippen molar-refractivity contribution in [2.24, 2.45) is 0 Å². The molecule has 0 amide bonds. The monoisotopic (exact) mass is 610 g/mol. The first-order chi connectivity index (χ1) is 21.2. The fraction of sp³-hybridized carbons (Fsp3) is 0.318. The summed E-state index contributed by atoms with van der Waals surface area (Å²) in [5, 5.41) is 8.70. The van der Waals surface area contributed by atoms with Gasteiger partial charge in [-0.3, -0.25) is 0 Å². The first-order valence-electron chi connectivity index (χ1n) is 16.4. The molecule has 0 aliphatic rings. The van der Waals surface area contributed by atoms with Crippen molar-refractivity contribution in [1.82, 2.24) is 0 Å². The van der Waals surface area contributed by atoms with Crippen LogP contribution in [0.3, 0.4) is 0 Å². The Kier molecular flexibility index (Phi) is 7.90. The number of hydrogen-bond acceptors (Lipinski definition) is 0. The number of benzene rings is 6. The minimum Gasteiger partial charge on any atom is -0.0837 e. The Hall–Kier alpha value is -3.61. The molecule has 0 bridgehead atoms. The van der Waals surface area contributed by atoms with Crippen molar-refractivity contribution in [2.75, 3.05) is 0 Å². The molecule has 6 aromatic carbocycles. The van der Waals surface area contributed by atoms with Gasteiger partial charge in [0.05, 0.1) is 0 Å². The molecule has 0 spiro atoms. The van der Waals surface area contributed by atoms with Crippen LogP contribution in [0.25, 0.3) is 32.3 Å². The first-order valence-corrected chi connectivity index (χ1v) is 16.8. The van der Waals surface area contributed by atoms with Gasteiger partial charge in [0.15, 0.2) is 0 Å². The molecule has 0 radical (unpaired) electrons. The summed E-state index contributed by atoms with van der Waals surface area (Å²) < 4.78 is 0. The van der Waals surface area contributed by atoms with E-state index in [4.69, 9.17) is 11.6 Å². The van der Waals surface area contributed by atoms with E-state index >= 15 is 0 Å². The van der Waals surface area contributed by atoms with E-state index < -0.39 is 0 Å². The molecule has 6 rings (SSSR count). The summed E-state index contributed by atoms with van der Waals surface area (Å²) in [5.74, 6) is 0. The van der Waals surface area contributed by atoms with Gasteiger partial charge in [-0.25, -0.2) is 0 Å². The van der Waals surface area contributed by atoms with Crippen molar-refractivity contribution in [3.8, 4) is 0 Å². The molecule has 0 unspecified atom stereocenters. The highest BCUT2D eigenvalue weighted by atomic mass is 35.5. The van der Waals surface area contributed by atoms with Gasteiger partial charge in [-0.2, -0.15) is 0 Å². The summed E-state index contributed by atoms with van der Waals surface area (Å²) >= 11 is 6.79. The number of fused-ring (bicyclic) bond motifs is 3. The average molecular weight is 611 g/mol. The van der Waals surface area contributed by atoms with E-state index in [1.807, 2.05) is 6.07 Å². The van der Waals surface area contributed by atoms with Crippen LogP contribution in [0.2, 0.25) is 5.02 Å². The van der Waals surface area contributed by atoms with Gasteiger partial charge >= 0.3 is 0 Å². The minimum absolute atomic E-state index is 0.0345. The van der Waals surface area contributed by atoms with E-state index in [-0.39, 0.29) is 16.2 Å². The zero-order valence-corrected chi connectivity index (χ0v) is 29.3. The average Bonchev–Trinajstić information content (AvgIpc) is 2.98. The number of halogens is 1.